The second kappa shape index (κ2) is 6.82. The minimum atomic E-state index is 0.0514. The topological polar surface area (TPSA) is 26.3 Å². The average molecular weight is 307 g/mol. The summed E-state index contributed by atoms with van der Waals surface area (Å²) in [6.07, 6.45) is 0. The van der Waals surface area contributed by atoms with Gasteiger partial charge in [-0.2, -0.15) is 0 Å². The Balaban J connectivity index is 2.10. The van der Waals surface area contributed by atoms with Crippen LogP contribution in [0.15, 0.2) is 47.4 Å². The lowest BCUT2D eigenvalue weighted by Gasteiger charge is -2.08. The number of Topliss-reactive ketones (excluding diaryl/α,β-unsaturated/α-hetero) is 1. The molecule has 104 valence electrons. The Kier molecular flexibility index (Phi) is 5.10. The highest BCUT2D eigenvalue weighted by molar-refractivity contribution is 8.00. The summed E-state index contributed by atoms with van der Waals surface area (Å²) in [5.41, 5.74) is 1.67. The molecule has 2 nitrogen and oxygen atoms in total. The normalized spacial score (nSPS) is 10.3. The molecule has 0 aromatic heterocycles. The standard InChI is InChI=1S/C16H15ClO2S/c1-11-6-7-16(19-2)14(8-11)15(18)10-20-13-5-3-4-12(17)9-13/h3-9H,10H2,1-2H3. The zero-order valence-electron chi connectivity index (χ0n) is 11.4. The fraction of sp³-hybridized carbons (Fsp3) is 0.188. The van der Waals surface area contributed by atoms with Crippen LogP contribution in [0.4, 0.5) is 0 Å². The third-order valence-electron chi connectivity index (χ3n) is 2.82. The number of thioether (sulfide) groups is 1. The maximum absolute atomic E-state index is 12.3. The number of halogens is 1. The highest BCUT2D eigenvalue weighted by atomic mass is 35.5. The Morgan fingerprint density at radius 1 is 1.25 bits per heavy atom. The quantitative estimate of drug-likeness (QED) is 0.595. The van der Waals surface area contributed by atoms with Crippen LogP contribution in [0.25, 0.3) is 0 Å². The van der Waals surface area contributed by atoms with E-state index in [0.717, 1.165) is 10.5 Å². The van der Waals surface area contributed by atoms with Crippen LogP contribution in [0, 0.1) is 6.92 Å². The zero-order valence-corrected chi connectivity index (χ0v) is 12.9. The Labute approximate surface area is 128 Å². The maximum atomic E-state index is 12.3. The number of hydrogen-bond acceptors (Lipinski definition) is 3. The number of benzene rings is 2. The molecule has 4 heteroatoms. The summed E-state index contributed by atoms with van der Waals surface area (Å²) in [5.74, 6) is 1.03. The van der Waals surface area contributed by atoms with E-state index < -0.39 is 0 Å². The Morgan fingerprint density at radius 2 is 2.05 bits per heavy atom. The van der Waals surface area contributed by atoms with Gasteiger partial charge in [-0.05, 0) is 37.3 Å². The van der Waals surface area contributed by atoms with E-state index in [-0.39, 0.29) is 5.78 Å². The molecule has 0 saturated heterocycles. The molecule has 0 aliphatic heterocycles. The van der Waals surface area contributed by atoms with Crippen molar-refractivity contribution >= 4 is 29.1 Å². The SMILES string of the molecule is COc1ccc(C)cc1C(=O)CSc1cccc(Cl)c1. The summed E-state index contributed by atoms with van der Waals surface area (Å²) in [6, 6.07) is 13.1. The summed E-state index contributed by atoms with van der Waals surface area (Å²) in [7, 11) is 1.57. The van der Waals surface area contributed by atoms with E-state index in [9.17, 15) is 4.79 Å². The molecule has 0 bridgehead atoms. The lowest BCUT2D eigenvalue weighted by atomic mass is 10.1. The van der Waals surface area contributed by atoms with Crippen molar-refractivity contribution in [3.05, 3.63) is 58.6 Å². The third kappa shape index (κ3) is 3.78. The number of methoxy groups -OCH3 is 1. The maximum Gasteiger partial charge on any atom is 0.176 e. The number of ketones is 1. The number of hydrogen-bond donors (Lipinski definition) is 0. The Bertz CT molecular complexity index is 626. The average Bonchev–Trinajstić information content (AvgIpc) is 2.45. The molecule has 20 heavy (non-hydrogen) atoms. The molecule has 0 radical (unpaired) electrons. The molecule has 0 unspecified atom stereocenters. The van der Waals surface area contributed by atoms with Crippen molar-refractivity contribution in [3.8, 4) is 5.75 Å². The summed E-state index contributed by atoms with van der Waals surface area (Å²) >= 11 is 7.40. The van der Waals surface area contributed by atoms with E-state index in [1.54, 1.807) is 7.11 Å². The van der Waals surface area contributed by atoms with Crippen molar-refractivity contribution in [2.24, 2.45) is 0 Å². The molecule has 2 aromatic rings. The van der Waals surface area contributed by atoms with Crippen molar-refractivity contribution in [3.63, 3.8) is 0 Å². The van der Waals surface area contributed by atoms with E-state index in [2.05, 4.69) is 0 Å². The largest absolute Gasteiger partial charge is 0.496 e. The predicted octanol–water partition coefficient (Wildman–Crippen LogP) is 4.63. The first-order valence-corrected chi connectivity index (χ1v) is 7.52. The summed E-state index contributed by atoms with van der Waals surface area (Å²) in [6.45, 7) is 1.96. The van der Waals surface area contributed by atoms with Crippen LogP contribution >= 0.6 is 23.4 Å². The van der Waals surface area contributed by atoms with Gasteiger partial charge in [0, 0.05) is 9.92 Å². The number of carbonyl (C=O) groups excluding carboxylic acids is 1. The first-order valence-electron chi connectivity index (χ1n) is 6.16. The second-order valence-corrected chi connectivity index (χ2v) is 5.86. The molecule has 0 aliphatic rings. The number of rotatable bonds is 5. The molecular weight excluding hydrogens is 292 g/mol. The first-order chi connectivity index (χ1) is 9.60. The van der Waals surface area contributed by atoms with Crippen LogP contribution in [0.3, 0.4) is 0 Å². The molecule has 0 amide bonds. The predicted molar refractivity (Wildman–Crippen MR) is 84.2 cm³/mol. The van der Waals surface area contributed by atoms with Gasteiger partial charge in [-0.25, -0.2) is 0 Å². The Hall–Kier alpha value is -1.45. The lowest BCUT2D eigenvalue weighted by Crippen LogP contribution is -2.05. The van der Waals surface area contributed by atoms with Gasteiger partial charge in [-0.3, -0.25) is 4.79 Å². The summed E-state index contributed by atoms with van der Waals surface area (Å²) in [4.78, 5) is 13.3. The highest BCUT2D eigenvalue weighted by Crippen LogP contribution is 2.25. The second-order valence-electron chi connectivity index (χ2n) is 4.37. The molecular formula is C16H15ClO2S. The van der Waals surface area contributed by atoms with Crippen molar-refractivity contribution in [1.82, 2.24) is 0 Å². The van der Waals surface area contributed by atoms with Crippen LogP contribution < -0.4 is 4.74 Å². The Morgan fingerprint density at radius 3 is 2.75 bits per heavy atom. The van der Waals surface area contributed by atoms with E-state index in [1.165, 1.54) is 11.8 Å². The summed E-state index contributed by atoms with van der Waals surface area (Å²) in [5, 5.41) is 0.676. The van der Waals surface area contributed by atoms with E-state index >= 15 is 0 Å². The van der Waals surface area contributed by atoms with E-state index in [1.807, 2.05) is 49.4 Å². The van der Waals surface area contributed by atoms with Crippen LogP contribution in [0.5, 0.6) is 5.75 Å². The highest BCUT2D eigenvalue weighted by Gasteiger charge is 2.13. The van der Waals surface area contributed by atoms with Gasteiger partial charge in [0.1, 0.15) is 5.75 Å². The van der Waals surface area contributed by atoms with E-state index in [4.69, 9.17) is 16.3 Å². The molecule has 0 N–H and O–H groups in total. The molecule has 0 atom stereocenters. The van der Waals surface area contributed by atoms with Gasteiger partial charge >= 0.3 is 0 Å². The molecule has 0 heterocycles. The summed E-state index contributed by atoms with van der Waals surface area (Å²) < 4.78 is 5.24. The van der Waals surface area contributed by atoms with Crippen molar-refractivity contribution in [2.75, 3.05) is 12.9 Å². The fourth-order valence-electron chi connectivity index (χ4n) is 1.82. The molecule has 2 rings (SSSR count). The van der Waals surface area contributed by atoms with Gasteiger partial charge in [0.2, 0.25) is 0 Å². The number of carbonyl (C=O) groups is 1. The minimum absolute atomic E-state index is 0.0514. The van der Waals surface area contributed by atoms with Crippen molar-refractivity contribution < 1.29 is 9.53 Å². The van der Waals surface area contributed by atoms with E-state index in [0.29, 0.717) is 22.1 Å². The molecule has 0 aliphatic carbocycles. The molecule has 2 aromatic carbocycles. The van der Waals surface area contributed by atoms with Crippen LogP contribution in [-0.4, -0.2) is 18.6 Å². The van der Waals surface area contributed by atoms with Gasteiger partial charge in [0.15, 0.2) is 5.78 Å². The van der Waals surface area contributed by atoms with Crippen LogP contribution in [-0.2, 0) is 0 Å². The fourth-order valence-corrected chi connectivity index (χ4v) is 2.92. The van der Waals surface area contributed by atoms with Gasteiger partial charge < -0.3 is 4.74 Å². The molecule has 0 spiro atoms. The van der Waals surface area contributed by atoms with Crippen molar-refractivity contribution in [1.29, 1.82) is 0 Å². The van der Waals surface area contributed by atoms with Gasteiger partial charge in [0.05, 0.1) is 18.4 Å². The lowest BCUT2D eigenvalue weighted by molar-refractivity contribution is 0.101. The van der Waals surface area contributed by atoms with Gasteiger partial charge in [-0.15, -0.1) is 11.8 Å². The van der Waals surface area contributed by atoms with Crippen LogP contribution in [0.2, 0.25) is 5.02 Å². The molecule has 0 saturated carbocycles. The smallest absolute Gasteiger partial charge is 0.176 e. The van der Waals surface area contributed by atoms with Gasteiger partial charge in [0.25, 0.3) is 0 Å². The van der Waals surface area contributed by atoms with Crippen LogP contribution in [0.1, 0.15) is 15.9 Å². The minimum Gasteiger partial charge on any atom is -0.496 e. The number of aryl methyl sites for hydroxylation is 1. The zero-order chi connectivity index (χ0) is 14.5. The number of ether oxygens (including phenoxy) is 1. The van der Waals surface area contributed by atoms with Crippen molar-refractivity contribution in [2.45, 2.75) is 11.8 Å². The van der Waals surface area contributed by atoms with Gasteiger partial charge in [-0.1, -0.05) is 29.3 Å². The molecule has 0 fully saturated rings. The third-order valence-corrected chi connectivity index (χ3v) is 4.05. The first kappa shape index (κ1) is 14.9. The monoisotopic (exact) mass is 306 g/mol.